The smallest absolute Gasteiger partial charge is 0.187 e. The van der Waals surface area contributed by atoms with Crippen LogP contribution in [0.15, 0.2) is 65.5 Å². The maximum absolute atomic E-state index is 6.27. The van der Waals surface area contributed by atoms with Gasteiger partial charge >= 0.3 is 0 Å². The number of allylic oxidation sites excluding steroid dienone is 3. The Hall–Kier alpha value is -2.24. The molecule has 2 aromatic rings. The van der Waals surface area contributed by atoms with Gasteiger partial charge in [0.25, 0.3) is 0 Å². The summed E-state index contributed by atoms with van der Waals surface area (Å²) in [7, 11) is 0. The van der Waals surface area contributed by atoms with Gasteiger partial charge in [-0.2, -0.15) is 0 Å². The van der Waals surface area contributed by atoms with Crippen molar-refractivity contribution in [3.05, 3.63) is 65.5 Å². The van der Waals surface area contributed by atoms with Crippen LogP contribution < -0.4 is 5.32 Å². The SMILES string of the molecule is CC1=CC=C(Nc2nc(-c3cccnc3)cs2)C=CC1OC1CCCC1. The molecule has 2 heterocycles. The van der Waals surface area contributed by atoms with E-state index in [2.05, 4.69) is 46.5 Å². The van der Waals surface area contributed by atoms with E-state index in [1.807, 2.05) is 23.7 Å². The van der Waals surface area contributed by atoms with Crippen LogP contribution in [0.3, 0.4) is 0 Å². The van der Waals surface area contributed by atoms with Crippen LogP contribution in [0.25, 0.3) is 11.3 Å². The molecule has 0 bridgehead atoms. The van der Waals surface area contributed by atoms with Crippen molar-refractivity contribution in [1.29, 1.82) is 0 Å². The standard InChI is InChI=1S/C21H23N3OS/c1-15-8-9-17(10-11-20(15)25-18-6-2-3-7-18)23-21-24-19(14-26-21)16-5-4-12-22-13-16/h4-5,8-14,18,20H,2-3,6-7H2,1H3,(H,23,24). The highest BCUT2D eigenvalue weighted by molar-refractivity contribution is 7.14. The molecule has 1 saturated carbocycles. The Bertz CT molecular complexity index is 832. The van der Waals surface area contributed by atoms with E-state index < -0.39 is 0 Å². The Labute approximate surface area is 158 Å². The minimum atomic E-state index is 0.0656. The van der Waals surface area contributed by atoms with Crippen molar-refractivity contribution in [3.63, 3.8) is 0 Å². The lowest BCUT2D eigenvalue weighted by molar-refractivity contribution is 0.0362. The number of nitrogens with one attached hydrogen (secondary N) is 1. The van der Waals surface area contributed by atoms with Crippen LogP contribution in [0.2, 0.25) is 0 Å². The van der Waals surface area contributed by atoms with Gasteiger partial charge in [0.05, 0.1) is 17.9 Å². The van der Waals surface area contributed by atoms with Crippen molar-refractivity contribution >= 4 is 16.5 Å². The summed E-state index contributed by atoms with van der Waals surface area (Å²) in [6.45, 7) is 2.13. The number of pyridine rings is 1. The summed E-state index contributed by atoms with van der Waals surface area (Å²) >= 11 is 1.60. The van der Waals surface area contributed by atoms with Crippen LogP contribution in [0, 0.1) is 0 Å². The average Bonchev–Trinajstić information content (AvgIpc) is 3.31. The lowest BCUT2D eigenvalue weighted by Crippen LogP contribution is -2.19. The van der Waals surface area contributed by atoms with Crippen molar-refractivity contribution in [2.24, 2.45) is 0 Å². The third kappa shape index (κ3) is 4.11. The van der Waals surface area contributed by atoms with Gasteiger partial charge in [0.1, 0.15) is 0 Å². The molecule has 0 spiro atoms. The maximum atomic E-state index is 6.27. The van der Waals surface area contributed by atoms with E-state index in [1.165, 1.54) is 31.3 Å². The number of ether oxygens (including phenoxy) is 1. The van der Waals surface area contributed by atoms with E-state index in [0.29, 0.717) is 6.10 Å². The Kier molecular flexibility index (Phi) is 5.27. The molecule has 0 aliphatic heterocycles. The Balaban J connectivity index is 1.43. The Morgan fingerprint density at radius 2 is 2.12 bits per heavy atom. The molecule has 0 amide bonds. The second kappa shape index (κ2) is 7.98. The highest BCUT2D eigenvalue weighted by Gasteiger charge is 2.20. The summed E-state index contributed by atoms with van der Waals surface area (Å²) in [5.74, 6) is 0. The zero-order chi connectivity index (χ0) is 17.8. The molecular weight excluding hydrogens is 342 g/mol. The van der Waals surface area contributed by atoms with Crippen molar-refractivity contribution in [1.82, 2.24) is 9.97 Å². The number of hydrogen-bond acceptors (Lipinski definition) is 5. The molecule has 26 heavy (non-hydrogen) atoms. The fourth-order valence-corrected chi connectivity index (χ4v) is 4.02. The molecule has 2 aliphatic rings. The quantitative estimate of drug-likeness (QED) is 0.776. The molecule has 1 unspecified atom stereocenters. The van der Waals surface area contributed by atoms with Gasteiger partial charge in [-0.1, -0.05) is 18.9 Å². The fourth-order valence-electron chi connectivity index (χ4n) is 3.28. The monoisotopic (exact) mass is 365 g/mol. The van der Waals surface area contributed by atoms with Gasteiger partial charge in [-0.25, -0.2) is 4.98 Å². The summed E-state index contributed by atoms with van der Waals surface area (Å²) in [5.41, 5.74) is 4.23. The summed E-state index contributed by atoms with van der Waals surface area (Å²) in [5, 5.41) is 6.33. The minimum absolute atomic E-state index is 0.0656. The van der Waals surface area contributed by atoms with Gasteiger partial charge < -0.3 is 10.1 Å². The largest absolute Gasteiger partial charge is 0.367 e. The second-order valence-electron chi connectivity index (χ2n) is 6.76. The summed E-state index contributed by atoms with van der Waals surface area (Å²) in [4.78, 5) is 8.82. The predicted molar refractivity (Wildman–Crippen MR) is 107 cm³/mol. The zero-order valence-electron chi connectivity index (χ0n) is 14.9. The molecule has 1 N–H and O–H groups in total. The number of nitrogens with zero attached hydrogens (tertiary/aromatic N) is 2. The molecule has 1 atom stereocenters. The molecule has 1 fully saturated rings. The first-order chi connectivity index (χ1) is 12.8. The maximum Gasteiger partial charge on any atom is 0.187 e. The number of thiazole rings is 1. The van der Waals surface area contributed by atoms with Gasteiger partial charge in [0, 0.05) is 29.0 Å². The summed E-state index contributed by atoms with van der Waals surface area (Å²) in [6, 6.07) is 3.95. The van der Waals surface area contributed by atoms with Crippen molar-refractivity contribution < 1.29 is 4.74 Å². The molecule has 4 nitrogen and oxygen atoms in total. The Morgan fingerprint density at radius 1 is 1.23 bits per heavy atom. The molecule has 2 aliphatic carbocycles. The van der Waals surface area contributed by atoms with E-state index >= 15 is 0 Å². The number of hydrogen-bond donors (Lipinski definition) is 1. The van der Waals surface area contributed by atoms with Crippen molar-refractivity contribution in [2.45, 2.75) is 44.8 Å². The number of anilines is 1. The van der Waals surface area contributed by atoms with Gasteiger partial charge in [0.15, 0.2) is 5.13 Å². The van der Waals surface area contributed by atoms with Crippen LogP contribution in [-0.4, -0.2) is 22.2 Å². The molecule has 134 valence electrons. The minimum Gasteiger partial charge on any atom is -0.367 e. The van der Waals surface area contributed by atoms with Crippen LogP contribution in [-0.2, 0) is 4.74 Å². The fraction of sp³-hybridized carbons (Fsp3) is 0.333. The normalized spacial score (nSPS) is 20.6. The highest BCUT2D eigenvalue weighted by atomic mass is 32.1. The lowest BCUT2D eigenvalue weighted by atomic mass is 10.1. The van der Waals surface area contributed by atoms with Crippen LogP contribution in [0.4, 0.5) is 5.13 Å². The third-order valence-electron chi connectivity index (χ3n) is 4.78. The predicted octanol–water partition coefficient (Wildman–Crippen LogP) is 5.34. The molecule has 4 rings (SSSR count). The van der Waals surface area contributed by atoms with Gasteiger partial charge in [-0.05, 0) is 55.7 Å². The molecule has 0 radical (unpaired) electrons. The van der Waals surface area contributed by atoms with E-state index in [1.54, 1.807) is 17.5 Å². The van der Waals surface area contributed by atoms with Crippen LogP contribution >= 0.6 is 11.3 Å². The van der Waals surface area contributed by atoms with Gasteiger partial charge in [0.2, 0.25) is 0 Å². The molecule has 0 saturated heterocycles. The zero-order valence-corrected chi connectivity index (χ0v) is 15.7. The van der Waals surface area contributed by atoms with Crippen LogP contribution in [0.5, 0.6) is 0 Å². The Morgan fingerprint density at radius 3 is 2.92 bits per heavy atom. The number of aromatic nitrogens is 2. The van der Waals surface area contributed by atoms with E-state index in [0.717, 1.165) is 22.1 Å². The second-order valence-corrected chi connectivity index (χ2v) is 7.62. The highest BCUT2D eigenvalue weighted by Crippen LogP contribution is 2.27. The first kappa shape index (κ1) is 17.2. The first-order valence-electron chi connectivity index (χ1n) is 9.13. The summed E-state index contributed by atoms with van der Waals surface area (Å²) < 4.78 is 6.27. The van der Waals surface area contributed by atoms with Crippen LogP contribution in [0.1, 0.15) is 32.6 Å². The third-order valence-corrected chi connectivity index (χ3v) is 5.54. The molecule has 2 aromatic heterocycles. The first-order valence-corrected chi connectivity index (χ1v) is 10.0. The molecular formula is C21H23N3OS. The van der Waals surface area contributed by atoms with Gasteiger partial charge in [-0.15, -0.1) is 11.3 Å². The van der Waals surface area contributed by atoms with Crippen molar-refractivity contribution in [3.8, 4) is 11.3 Å². The summed E-state index contributed by atoms with van der Waals surface area (Å²) in [6.07, 6.45) is 17.5. The lowest BCUT2D eigenvalue weighted by Gasteiger charge is -2.19. The molecule has 0 aromatic carbocycles. The molecule has 5 heteroatoms. The van der Waals surface area contributed by atoms with E-state index in [9.17, 15) is 0 Å². The van der Waals surface area contributed by atoms with E-state index in [-0.39, 0.29) is 6.10 Å². The topological polar surface area (TPSA) is 47.0 Å². The van der Waals surface area contributed by atoms with Crippen molar-refractivity contribution in [2.75, 3.05) is 5.32 Å². The number of rotatable bonds is 5. The van der Waals surface area contributed by atoms with E-state index in [4.69, 9.17) is 4.74 Å². The van der Waals surface area contributed by atoms with Gasteiger partial charge in [-0.3, -0.25) is 4.98 Å². The average molecular weight is 366 g/mol.